The summed E-state index contributed by atoms with van der Waals surface area (Å²) in [5.41, 5.74) is 6.19. The van der Waals surface area contributed by atoms with Gasteiger partial charge in [-0.15, -0.1) is 0 Å². The molecule has 0 atom stereocenters. The van der Waals surface area contributed by atoms with Crippen LogP contribution in [-0.2, 0) is 13.1 Å². The summed E-state index contributed by atoms with van der Waals surface area (Å²) >= 11 is 0. The quantitative estimate of drug-likeness (QED) is 0.340. The Kier molecular flexibility index (Phi) is 6.02. The van der Waals surface area contributed by atoms with E-state index in [0.717, 1.165) is 6.20 Å². The fraction of sp³-hybridized carbons (Fsp3) is 0.267. The fourth-order valence-electron chi connectivity index (χ4n) is 2.23. The predicted octanol–water partition coefficient (Wildman–Crippen LogP) is 0.544. The maximum absolute atomic E-state index is 13.9. The molecule has 3 aromatic heterocycles. The summed E-state index contributed by atoms with van der Waals surface area (Å²) in [5.74, 6) is 0.581. The number of nitrogens with zero attached hydrogens (tertiary/aromatic N) is 6. The Labute approximate surface area is 153 Å². The van der Waals surface area contributed by atoms with Gasteiger partial charge < -0.3 is 25.7 Å². The van der Waals surface area contributed by atoms with Gasteiger partial charge in [0.15, 0.2) is 17.5 Å². The first-order valence-corrected chi connectivity index (χ1v) is 8.11. The fourth-order valence-corrected chi connectivity index (χ4v) is 2.23. The Hall–Kier alpha value is -3.38. The number of anilines is 3. The Balaban J connectivity index is 1.64. The number of aromatic nitrogens is 6. The molecule has 12 heteroatoms. The van der Waals surface area contributed by atoms with E-state index in [9.17, 15) is 4.39 Å². The number of rotatable bonds is 9. The van der Waals surface area contributed by atoms with Crippen molar-refractivity contribution in [2.45, 2.75) is 13.1 Å². The molecular formula is C15H19FN10O. The van der Waals surface area contributed by atoms with Gasteiger partial charge in [0.1, 0.15) is 0 Å². The lowest BCUT2D eigenvalue weighted by atomic mass is 10.4. The molecule has 3 aromatic rings. The van der Waals surface area contributed by atoms with Crippen LogP contribution in [0.1, 0.15) is 5.69 Å². The summed E-state index contributed by atoms with van der Waals surface area (Å²) in [6.45, 7) is 0.827. The van der Waals surface area contributed by atoms with Crippen LogP contribution in [0.2, 0.25) is 0 Å². The van der Waals surface area contributed by atoms with E-state index in [-0.39, 0.29) is 31.5 Å². The van der Waals surface area contributed by atoms with Gasteiger partial charge in [-0.25, -0.2) is 24.3 Å². The zero-order valence-electron chi connectivity index (χ0n) is 14.3. The van der Waals surface area contributed by atoms with Crippen molar-refractivity contribution in [3.05, 3.63) is 36.4 Å². The van der Waals surface area contributed by atoms with Crippen molar-refractivity contribution in [1.29, 1.82) is 0 Å². The van der Waals surface area contributed by atoms with Gasteiger partial charge in [0.2, 0.25) is 11.9 Å². The Bertz CT molecular complexity index is 906. The minimum Gasteiger partial charge on any atom is -0.395 e. The van der Waals surface area contributed by atoms with Crippen LogP contribution in [0.5, 0.6) is 0 Å². The molecule has 0 bridgehead atoms. The molecule has 0 aliphatic heterocycles. The van der Waals surface area contributed by atoms with Gasteiger partial charge in [0.25, 0.3) is 0 Å². The van der Waals surface area contributed by atoms with Crippen molar-refractivity contribution >= 4 is 29.7 Å². The number of aliphatic hydroxyl groups excluding tert-OH is 1. The van der Waals surface area contributed by atoms with Crippen LogP contribution >= 0.6 is 0 Å². The molecule has 0 aliphatic carbocycles. The topological polar surface area (TPSA) is 155 Å². The van der Waals surface area contributed by atoms with Gasteiger partial charge in [-0.3, -0.25) is 5.32 Å². The van der Waals surface area contributed by atoms with Gasteiger partial charge >= 0.3 is 0 Å². The minimum atomic E-state index is -0.600. The van der Waals surface area contributed by atoms with Gasteiger partial charge in [-0.1, -0.05) is 0 Å². The van der Waals surface area contributed by atoms with Crippen LogP contribution in [0, 0.1) is 5.82 Å². The molecule has 11 nitrogen and oxygen atoms in total. The monoisotopic (exact) mass is 374 g/mol. The SMILES string of the molecule is NCc1nc[nH]c1/N=C\CNc1nc(Nc2nccn2CCO)ncc1F. The molecule has 0 aromatic carbocycles. The van der Waals surface area contributed by atoms with E-state index in [2.05, 4.69) is 40.5 Å². The Morgan fingerprint density at radius 3 is 3.07 bits per heavy atom. The molecular weight excluding hydrogens is 355 g/mol. The smallest absolute Gasteiger partial charge is 0.231 e. The van der Waals surface area contributed by atoms with Crippen LogP contribution in [0.25, 0.3) is 0 Å². The number of aliphatic imine (C=N–C) groups is 1. The van der Waals surface area contributed by atoms with Gasteiger partial charge in [-0.05, 0) is 0 Å². The van der Waals surface area contributed by atoms with Crippen molar-refractivity contribution in [2.24, 2.45) is 10.7 Å². The van der Waals surface area contributed by atoms with Crippen molar-refractivity contribution < 1.29 is 9.50 Å². The Morgan fingerprint density at radius 1 is 1.37 bits per heavy atom. The van der Waals surface area contributed by atoms with Gasteiger partial charge in [0, 0.05) is 31.7 Å². The number of nitrogens with one attached hydrogen (secondary N) is 3. The second kappa shape index (κ2) is 8.82. The van der Waals surface area contributed by atoms with Crippen LogP contribution < -0.4 is 16.4 Å². The van der Waals surface area contributed by atoms with Gasteiger partial charge in [-0.2, -0.15) is 4.98 Å². The largest absolute Gasteiger partial charge is 0.395 e. The lowest BCUT2D eigenvalue weighted by Gasteiger charge is -2.09. The third-order valence-corrected chi connectivity index (χ3v) is 3.49. The van der Waals surface area contributed by atoms with E-state index in [1.165, 1.54) is 6.33 Å². The summed E-state index contributed by atoms with van der Waals surface area (Å²) in [4.78, 5) is 23.2. The van der Waals surface area contributed by atoms with Crippen molar-refractivity contribution in [1.82, 2.24) is 29.5 Å². The average molecular weight is 374 g/mol. The molecule has 142 valence electrons. The number of imidazole rings is 2. The molecule has 0 amide bonds. The van der Waals surface area contributed by atoms with E-state index in [4.69, 9.17) is 10.8 Å². The second-order valence-corrected chi connectivity index (χ2v) is 5.28. The van der Waals surface area contributed by atoms with E-state index in [0.29, 0.717) is 24.0 Å². The second-order valence-electron chi connectivity index (χ2n) is 5.28. The molecule has 0 radical (unpaired) electrons. The number of hydrogen-bond donors (Lipinski definition) is 5. The van der Waals surface area contributed by atoms with E-state index < -0.39 is 5.82 Å². The molecule has 0 saturated carbocycles. The molecule has 0 unspecified atom stereocenters. The molecule has 0 aliphatic rings. The summed E-state index contributed by atoms with van der Waals surface area (Å²) in [7, 11) is 0. The first kappa shape index (κ1) is 18.4. The highest BCUT2D eigenvalue weighted by Crippen LogP contribution is 2.15. The summed E-state index contributed by atoms with van der Waals surface area (Å²) in [5, 5.41) is 14.7. The minimum absolute atomic E-state index is 0.0165. The van der Waals surface area contributed by atoms with Gasteiger partial charge in [0.05, 0.1) is 31.4 Å². The number of aliphatic hydroxyl groups is 1. The third kappa shape index (κ3) is 4.62. The highest BCUT2D eigenvalue weighted by molar-refractivity contribution is 5.67. The van der Waals surface area contributed by atoms with Crippen LogP contribution in [0.4, 0.5) is 27.9 Å². The molecule has 0 saturated heterocycles. The lowest BCUT2D eigenvalue weighted by Crippen LogP contribution is -2.11. The van der Waals surface area contributed by atoms with Crippen LogP contribution in [0.3, 0.4) is 0 Å². The summed E-state index contributed by atoms with van der Waals surface area (Å²) in [6.07, 6.45) is 7.38. The standard InChI is InChI=1S/C15H19FN10O/c16-10-8-21-14(25-15-20-3-4-26(15)5-6-27)24-12(10)18-1-2-19-13-11(7-17)22-9-23-13/h2-4,8-9,27H,1,5-7,17H2,(H,22,23)(H2,18,20,21,24,25)/b19-2-. The number of H-pyrrole nitrogens is 1. The zero-order valence-corrected chi connectivity index (χ0v) is 14.3. The molecule has 3 heterocycles. The van der Waals surface area contributed by atoms with Crippen LogP contribution in [0.15, 0.2) is 29.9 Å². The van der Waals surface area contributed by atoms with Crippen molar-refractivity contribution in [3.63, 3.8) is 0 Å². The maximum atomic E-state index is 13.9. The number of nitrogens with two attached hydrogens (primary N) is 1. The number of aromatic amines is 1. The van der Waals surface area contributed by atoms with E-state index in [1.54, 1.807) is 23.2 Å². The highest BCUT2D eigenvalue weighted by atomic mass is 19.1. The average Bonchev–Trinajstić information content (AvgIpc) is 3.30. The predicted molar refractivity (Wildman–Crippen MR) is 97.7 cm³/mol. The zero-order chi connectivity index (χ0) is 19.1. The summed E-state index contributed by atoms with van der Waals surface area (Å²) in [6, 6.07) is 0. The van der Waals surface area contributed by atoms with Crippen LogP contribution in [-0.4, -0.2) is 54.0 Å². The molecule has 27 heavy (non-hydrogen) atoms. The van der Waals surface area contributed by atoms with Crippen molar-refractivity contribution in [3.8, 4) is 0 Å². The third-order valence-electron chi connectivity index (χ3n) is 3.49. The molecule has 0 spiro atoms. The lowest BCUT2D eigenvalue weighted by molar-refractivity contribution is 0.277. The number of halogens is 1. The molecule has 6 N–H and O–H groups in total. The Morgan fingerprint density at radius 2 is 2.26 bits per heavy atom. The number of hydrogen-bond acceptors (Lipinski definition) is 9. The molecule has 3 rings (SSSR count). The van der Waals surface area contributed by atoms with Crippen molar-refractivity contribution in [2.75, 3.05) is 23.8 Å². The first-order valence-electron chi connectivity index (χ1n) is 8.11. The molecule has 0 fully saturated rings. The highest BCUT2D eigenvalue weighted by Gasteiger charge is 2.09. The maximum Gasteiger partial charge on any atom is 0.231 e. The van der Waals surface area contributed by atoms with E-state index >= 15 is 0 Å². The summed E-state index contributed by atoms with van der Waals surface area (Å²) < 4.78 is 15.6. The van der Waals surface area contributed by atoms with E-state index in [1.807, 2.05) is 0 Å². The normalized spacial score (nSPS) is 11.2. The first-order chi connectivity index (χ1) is 13.2.